The topological polar surface area (TPSA) is 0 Å². The second kappa shape index (κ2) is 26.6. The van der Waals surface area contributed by atoms with Crippen molar-refractivity contribution in [2.45, 2.75) is 145 Å². The summed E-state index contributed by atoms with van der Waals surface area (Å²) in [7, 11) is 0. The molecule has 0 aromatic carbocycles. The van der Waals surface area contributed by atoms with E-state index in [0.29, 0.717) is 0 Å². The average Bonchev–Trinajstić information content (AvgIpc) is 2.67. The van der Waals surface area contributed by atoms with Crippen LogP contribution in [0.15, 0.2) is 0 Å². The van der Waals surface area contributed by atoms with E-state index in [2.05, 4.69) is 41.5 Å². The summed E-state index contributed by atoms with van der Waals surface area (Å²) in [6.45, 7) is 14.1. The van der Waals surface area contributed by atoms with Crippen molar-refractivity contribution >= 4 is 39.5 Å². The molecule has 0 saturated heterocycles. The Hall–Kier alpha value is 1.60. The molecule has 0 fully saturated rings. The van der Waals surface area contributed by atoms with Gasteiger partial charge in [0.1, 0.15) is 0 Å². The summed E-state index contributed by atoms with van der Waals surface area (Å²) >= 11 is -1.55. The van der Waals surface area contributed by atoms with Gasteiger partial charge in [-0.25, -0.2) is 0 Å². The van der Waals surface area contributed by atoms with Gasteiger partial charge in [0.2, 0.25) is 0 Å². The zero-order chi connectivity index (χ0) is 19.9. The van der Waals surface area contributed by atoms with Gasteiger partial charge in [-0.3, -0.25) is 0 Å². The average molecular weight is 580 g/mol. The first-order valence-corrected chi connectivity index (χ1v) is 24.5. The maximum absolute atomic E-state index is 2.48. The summed E-state index contributed by atoms with van der Waals surface area (Å²) in [4.78, 5) is 0. The first kappa shape index (κ1) is 29.8. The number of hydrogen-bond donors (Lipinski definition) is 0. The fourth-order valence-electron chi connectivity index (χ4n) is 3.54. The molecule has 2 heteroatoms. The van der Waals surface area contributed by atoms with Gasteiger partial charge in [0.15, 0.2) is 0 Å². The Labute approximate surface area is 183 Å². The molecule has 0 amide bonds. The van der Waals surface area contributed by atoms with Gasteiger partial charge in [0.25, 0.3) is 0 Å². The van der Waals surface area contributed by atoms with Crippen LogP contribution >= 0.6 is 0 Å². The summed E-state index contributed by atoms with van der Waals surface area (Å²) in [6.07, 6.45) is 17.9. The molecule has 0 bridgehead atoms. The molecule has 0 heterocycles. The predicted octanol–water partition coefficient (Wildman–Crippen LogP) is 9.76. The first-order chi connectivity index (χ1) is 12.7. The fourth-order valence-corrected chi connectivity index (χ4v) is 14.8. The van der Waals surface area contributed by atoms with E-state index < -0.39 is 39.5 Å². The molecule has 158 valence electrons. The minimum absolute atomic E-state index is 0.653. The Kier molecular flexibility index (Phi) is 30.5. The van der Waals surface area contributed by atoms with Crippen molar-refractivity contribution in [2.24, 2.45) is 0 Å². The van der Waals surface area contributed by atoms with Crippen molar-refractivity contribution in [2.75, 3.05) is 0 Å². The van der Waals surface area contributed by atoms with Gasteiger partial charge in [-0.05, 0) is 0 Å². The second-order valence-electron chi connectivity index (χ2n) is 7.95. The number of unbranched alkanes of at least 4 members (excludes halogenated alkanes) is 10. The Bertz CT molecular complexity index is 205. The van der Waals surface area contributed by atoms with Crippen LogP contribution in [0.1, 0.15) is 119 Å². The maximum atomic E-state index is 2.48. The van der Waals surface area contributed by atoms with Crippen LogP contribution in [-0.2, 0) is 0 Å². The van der Waals surface area contributed by atoms with Gasteiger partial charge >= 0.3 is 185 Å². The summed E-state index contributed by atoms with van der Waals surface area (Å²) in [5.41, 5.74) is 0. The van der Waals surface area contributed by atoms with Crippen molar-refractivity contribution in [1.82, 2.24) is 0 Å². The normalized spacial score (nSPS) is 11.1. The Morgan fingerprint density at radius 3 is 0.923 bits per heavy atom. The third kappa shape index (κ3) is 23.6. The summed E-state index contributed by atoms with van der Waals surface area (Å²) in [6, 6.07) is 0. The first-order valence-electron chi connectivity index (χ1n) is 12.4. The van der Waals surface area contributed by atoms with E-state index in [9.17, 15) is 0 Å². The third-order valence-electron chi connectivity index (χ3n) is 5.77. The Balaban J connectivity index is 0. The molecule has 0 aliphatic heterocycles. The second-order valence-corrected chi connectivity index (χ2v) is 27.4. The van der Waals surface area contributed by atoms with E-state index in [1.165, 1.54) is 64.2 Å². The molecule has 2 radical (unpaired) electrons. The van der Waals surface area contributed by atoms with Gasteiger partial charge in [-0.2, -0.15) is 0 Å². The van der Waals surface area contributed by atoms with E-state index in [-0.39, 0.29) is 0 Å². The van der Waals surface area contributed by atoms with Crippen LogP contribution in [0.4, 0.5) is 0 Å². The fraction of sp³-hybridized carbons (Fsp3) is 1.00. The molecule has 0 aromatic heterocycles. The van der Waals surface area contributed by atoms with Crippen molar-refractivity contribution in [1.29, 1.82) is 0 Å². The van der Waals surface area contributed by atoms with Crippen molar-refractivity contribution in [3.05, 3.63) is 0 Å². The quantitative estimate of drug-likeness (QED) is 0.112. The summed E-state index contributed by atoms with van der Waals surface area (Å²) in [5.74, 6) is 0. The van der Waals surface area contributed by atoms with Crippen molar-refractivity contribution in [3.8, 4) is 0 Å². The monoisotopic (exact) mass is 582 g/mol. The van der Waals surface area contributed by atoms with Crippen molar-refractivity contribution in [3.63, 3.8) is 0 Å². The Morgan fingerprint density at radius 2 is 0.654 bits per heavy atom. The zero-order valence-corrected chi connectivity index (χ0v) is 25.4. The van der Waals surface area contributed by atoms with Crippen LogP contribution in [0.3, 0.4) is 0 Å². The predicted molar refractivity (Wildman–Crippen MR) is 130 cm³/mol. The summed E-state index contributed by atoms with van der Waals surface area (Å²) in [5, 5.41) is 0. The van der Waals surface area contributed by atoms with E-state index >= 15 is 0 Å². The zero-order valence-electron chi connectivity index (χ0n) is 19.7. The third-order valence-corrected chi connectivity index (χ3v) is 23.2. The molecule has 0 unspecified atom stereocenters. The van der Waals surface area contributed by atoms with Gasteiger partial charge in [-0.15, -0.1) is 0 Å². The molecule has 0 saturated carbocycles. The molecule has 0 aromatic rings. The SMILES string of the molecule is CCCCCCC[CH2][Sn]([CH2]C)[CH2]CCCCCCC.C[CH2][Sn]([CH2]C)[CH2]C. The standard InChI is InChI=1S/2C8H17.4C2H5.2Sn/c2*1-3-5-7-8-6-4-2;4*1-2;;/h2*1,3-8H2,2H3;4*1H2,2H3;;. The number of rotatable bonds is 18. The van der Waals surface area contributed by atoms with Crippen LogP contribution < -0.4 is 0 Å². The van der Waals surface area contributed by atoms with Gasteiger partial charge < -0.3 is 0 Å². The van der Waals surface area contributed by atoms with E-state index in [1.807, 2.05) is 0 Å². The molecule has 0 atom stereocenters. The molecular formula is C24H54Sn2. The molecule has 26 heavy (non-hydrogen) atoms. The molecular weight excluding hydrogens is 526 g/mol. The molecule has 0 aliphatic carbocycles. The van der Waals surface area contributed by atoms with E-state index in [4.69, 9.17) is 0 Å². The molecule has 0 nitrogen and oxygen atoms in total. The number of hydrogen-bond acceptors (Lipinski definition) is 0. The molecule has 0 aliphatic rings. The molecule has 0 rings (SSSR count). The van der Waals surface area contributed by atoms with Crippen molar-refractivity contribution < 1.29 is 0 Å². The van der Waals surface area contributed by atoms with Crippen LogP contribution in [0.2, 0.25) is 26.6 Å². The van der Waals surface area contributed by atoms with Crippen LogP contribution in [0, 0.1) is 0 Å². The summed E-state index contributed by atoms with van der Waals surface area (Å²) < 4.78 is 9.64. The molecule has 0 N–H and O–H groups in total. The molecule has 0 spiro atoms. The van der Waals surface area contributed by atoms with E-state index in [1.54, 1.807) is 39.5 Å². The minimum atomic E-state index is -0.895. The van der Waals surface area contributed by atoms with Crippen LogP contribution in [-0.4, -0.2) is 39.5 Å². The van der Waals surface area contributed by atoms with E-state index in [0.717, 1.165) is 0 Å². The van der Waals surface area contributed by atoms with Crippen LogP contribution in [0.25, 0.3) is 0 Å². The van der Waals surface area contributed by atoms with Gasteiger partial charge in [0, 0.05) is 0 Å². The van der Waals surface area contributed by atoms with Crippen LogP contribution in [0.5, 0.6) is 0 Å². The Morgan fingerprint density at radius 1 is 0.346 bits per heavy atom. The van der Waals surface area contributed by atoms with Gasteiger partial charge in [-0.1, -0.05) is 0 Å². The van der Waals surface area contributed by atoms with Gasteiger partial charge in [0.05, 0.1) is 0 Å².